The highest BCUT2D eigenvalue weighted by molar-refractivity contribution is 5.98. The normalized spacial score (nSPS) is 10.5. The number of anilines is 1. The Morgan fingerprint density at radius 1 is 1.07 bits per heavy atom. The number of carboxylic acid groups (broad SMARTS) is 1. The summed E-state index contributed by atoms with van der Waals surface area (Å²) in [6.07, 6.45) is 5.09. The number of unbranched alkanes of at least 4 members (excludes halogenated alkanes) is 4. The van der Waals surface area contributed by atoms with Crippen LogP contribution in [0.5, 0.6) is 5.75 Å². The molecule has 8 heteroatoms. The molecule has 0 atom stereocenters. The molecule has 30 heavy (non-hydrogen) atoms. The second-order valence-electron chi connectivity index (χ2n) is 6.90. The van der Waals surface area contributed by atoms with Gasteiger partial charge in [0.05, 0.1) is 34.8 Å². The molecule has 0 radical (unpaired) electrons. The van der Waals surface area contributed by atoms with Crippen molar-refractivity contribution in [3.05, 3.63) is 52.1 Å². The number of hydrogen-bond acceptors (Lipinski definition) is 6. The van der Waals surface area contributed by atoms with Gasteiger partial charge in [0.25, 0.3) is 5.69 Å². The Labute approximate surface area is 175 Å². The summed E-state index contributed by atoms with van der Waals surface area (Å²) in [5.41, 5.74) is -0.0803. The van der Waals surface area contributed by atoms with E-state index in [0.29, 0.717) is 6.61 Å². The average molecular weight is 413 g/mol. The summed E-state index contributed by atoms with van der Waals surface area (Å²) < 4.78 is 5.73. The number of nitro groups is 1. The van der Waals surface area contributed by atoms with Crippen LogP contribution in [-0.4, -0.2) is 23.4 Å². The number of hydrogen-bond donors (Lipinski definition) is 1. The van der Waals surface area contributed by atoms with Gasteiger partial charge in [-0.15, -0.1) is 0 Å². The summed E-state index contributed by atoms with van der Waals surface area (Å²) in [5, 5.41) is 25.8. The molecule has 0 saturated heterocycles. The Morgan fingerprint density at radius 3 is 2.40 bits per heavy atom. The Morgan fingerprint density at radius 2 is 1.77 bits per heavy atom. The van der Waals surface area contributed by atoms with Gasteiger partial charge in [0.15, 0.2) is 0 Å². The van der Waals surface area contributed by atoms with Crippen molar-refractivity contribution >= 4 is 23.3 Å². The maximum Gasteiger partial charge on any atom is 0.281 e. The highest BCUT2D eigenvalue weighted by Gasteiger charge is 2.23. The summed E-state index contributed by atoms with van der Waals surface area (Å²) in [5.74, 6) is -1.66. The molecule has 2 aromatic rings. The lowest BCUT2D eigenvalue weighted by molar-refractivity contribution is -0.384. The number of carbonyl (C=O) groups is 2. The Bertz CT molecular complexity index is 926. The van der Waals surface area contributed by atoms with Gasteiger partial charge in [0.2, 0.25) is 5.91 Å². The predicted octanol–water partition coefficient (Wildman–Crippen LogP) is 3.93. The minimum absolute atomic E-state index is 0.0545. The quantitative estimate of drug-likeness (QED) is 0.338. The van der Waals surface area contributed by atoms with E-state index in [9.17, 15) is 24.8 Å². The van der Waals surface area contributed by atoms with Gasteiger partial charge < -0.3 is 20.0 Å². The third-order valence-corrected chi connectivity index (χ3v) is 4.55. The van der Waals surface area contributed by atoms with E-state index in [4.69, 9.17) is 4.74 Å². The molecule has 1 N–H and O–H groups in total. The van der Waals surface area contributed by atoms with Crippen molar-refractivity contribution in [2.24, 2.45) is 0 Å². The molecule has 2 rings (SSSR count). The largest absolute Gasteiger partial charge is 0.545 e. The fourth-order valence-corrected chi connectivity index (χ4v) is 3.13. The maximum atomic E-state index is 11.7. The van der Waals surface area contributed by atoms with E-state index >= 15 is 0 Å². The zero-order valence-electron chi connectivity index (χ0n) is 17.1. The van der Waals surface area contributed by atoms with E-state index in [2.05, 4.69) is 12.2 Å². The first kappa shape index (κ1) is 22.9. The van der Waals surface area contributed by atoms with Crippen LogP contribution in [0.2, 0.25) is 0 Å². The SMILES string of the molecule is CCCCCCCOc1cc([N+](=O)[O-])c(-c2ccccc2C(=O)[O-])cc1NC(C)=O. The van der Waals surface area contributed by atoms with Crippen LogP contribution >= 0.6 is 0 Å². The van der Waals surface area contributed by atoms with Crippen LogP contribution in [-0.2, 0) is 4.79 Å². The molecule has 0 unspecified atom stereocenters. The number of ether oxygens (including phenoxy) is 1. The Hall–Kier alpha value is -3.42. The molecule has 0 aliphatic rings. The number of carboxylic acids is 1. The third-order valence-electron chi connectivity index (χ3n) is 4.55. The molecule has 0 bridgehead atoms. The van der Waals surface area contributed by atoms with Crippen LogP contribution in [0.3, 0.4) is 0 Å². The van der Waals surface area contributed by atoms with Gasteiger partial charge in [0, 0.05) is 12.5 Å². The molecule has 2 aromatic carbocycles. The number of nitrogens with zero attached hydrogens (tertiary/aromatic N) is 1. The standard InChI is InChI=1S/C22H26N2O6/c1-3-4-5-6-9-12-30-21-14-20(24(28)29)18(13-19(21)23-15(2)25)16-10-7-8-11-17(16)22(26)27/h7-8,10-11,13-14H,3-6,9,12H2,1-2H3,(H,23,25)(H,26,27)/p-1. The van der Waals surface area contributed by atoms with Crippen LogP contribution < -0.4 is 15.2 Å². The van der Waals surface area contributed by atoms with Gasteiger partial charge in [-0.2, -0.15) is 0 Å². The van der Waals surface area contributed by atoms with E-state index in [-0.39, 0.29) is 39.7 Å². The van der Waals surface area contributed by atoms with Crippen LogP contribution in [0.1, 0.15) is 56.3 Å². The third kappa shape index (κ3) is 6.04. The van der Waals surface area contributed by atoms with Crippen molar-refractivity contribution in [1.82, 2.24) is 0 Å². The molecule has 0 aliphatic heterocycles. The average Bonchev–Trinajstić information content (AvgIpc) is 2.70. The maximum absolute atomic E-state index is 11.7. The zero-order chi connectivity index (χ0) is 22.1. The van der Waals surface area contributed by atoms with Crippen molar-refractivity contribution < 1.29 is 24.4 Å². The lowest BCUT2D eigenvalue weighted by Gasteiger charge is -2.16. The number of benzene rings is 2. The lowest BCUT2D eigenvalue weighted by atomic mass is 9.97. The Kier molecular flexibility index (Phi) is 8.34. The first-order valence-electron chi connectivity index (χ1n) is 9.88. The Balaban J connectivity index is 2.45. The van der Waals surface area contributed by atoms with Crippen LogP contribution in [0.15, 0.2) is 36.4 Å². The van der Waals surface area contributed by atoms with E-state index in [0.717, 1.165) is 32.1 Å². The van der Waals surface area contributed by atoms with Crippen LogP contribution in [0.25, 0.3) is 11.1 Å². The summed E-state index contributed by atoms with van der Waals surface area (Å²) in [7, 11) is 0. The minimum atomic E-state index is -1.45. The second-order valence-corrected chi connectivity index (χ2v) is 6.90. The number of nitro benzene ring substituents is 1. The molecular weight excluding hydrogens is 388 g/mol. The summed E-state index contributed by atoms with van der Waals surface area (Å²) in [6.45, 7) is 3.78. The van der Waals surface area contributed by atoms with E-state index < -0.39 is 10.9 Å². The molecule has 0 aromatic heterocycles. The number of nitrogens with one attached hydrogen (secondary N) is 1. The van der Waals surface area contributed by atoms with Gasteiger partial charge >= 0.3 is 0 Å². The topological polar surface area (TPSA) is 122 Å². The molecule has 0 saturated carbocycles. The van der Waals surface area contributed by atoms with Crippen molar-refractivity contribution in [1.29, 1.82) is 0 Å². The molecular formula is C22H25N2O6-. The van der Waals surface area contributed by atoms with Crippen molar-refractivity contribution in [3.8, 4) is 16.9 Å². The molecule has 0 heterocycles. The molecule has 8 nitrogen and oxygen atoms in total. The molecule has 0 spiro atoms. The minimum Gasteiger partial charge on any atom is -0.545 e. The van der Waals surface area contributed by atoms with Gasteiger partial charge in [-0.05, 0) is 18.1 Å². The number of aromatic carboxylic acids is 1. The van der Waals surface area contributed by atoms with Crippen molar-refractivity contribution in [2.45, 2.75) is 46.0 Å². The first-order valence-corrected chi connectivity index (χ1v) is 9.88. The zero-order valence-corrected chi connectivity index (χ0v) is 17.1. The van der Waals surface area contributed by atoms with Gasteiger partial charge in [-0.25, -0.2) is 0 Å². The summed E-state index contributed by atoms with van der Waals surface area (Å²) in [4.78, 5) is 34.2. The van der Waals surface area contributed by atoms with Gasteiger partial charge in [0.1, 0.15) is 5.75 Å². The van der Waals surface area contributed by atoms with Crippen LogP contribution in [0, 0.1) is 10.1 Å². The molecule has 0 aliphatic carbocycles. The number of rotatable bonds is 11. The van der Waals surface area contributed by atoms with Gasteiger partial charge in [-0.3, -0.25) is 14.9 Å². The monoisotopic (exact) mass is 413 g/mol. The van der Waals surface area contributed by atoms with Crippen molar-refractivity contribution in [2.75, 3.05) is 11.9 Å². The first-order chi connectivity index (χ1) is 14.3. The molecule has 160 valence electrons. The lowest BCUT2D eigenvalue weighted by Crippen LogP contribution is -2.23. The number of amides is 1. The van der Waals surface area contributed by atoms with Crippen LogP contribution in [0.4, 0.5) is 11.4 Å². The predicted molar refractivity (Wildman–Crippen MR) is 111 cm³/mol. The summed E-state index contributed by atoms with van der Waals surface area (Å²) in [6, 6.07) is 8.44. The smallest absolute Gasteiger partial charge is 0.281 e. The second kappa shape index (κ2) is 10.9. The van der Waals surface area contributed by atoms with E-state index in [1.54, 1.807) is 6.07 Å². The van der Waals surface area contributed by atoms with Crippen molar-refractivity contribution in [3.63, 3.8) is 0 Å². The number of carbonyl (C=O) groups excluding carboxylic acids is 2. The fraction of sp³-hybridized carbons (Fsp3) is 0.364. The summed E-state index contributed by atoms with van der Waals surface area (Å²) >= 11 is 0. The fourth-order valence-electron chi connectivity index (χ4n) is 3.13. The van der Waals surface area contributed by atoms with Gasteiger partial charge in [-0.1, -0.05) is 56.9 Å². The highest BCUT2D eigenvalue weighted by atomic mass is 16.6. The van der Waals surface area contributed by atoms with E-state index in [1.165, 1.54) is 37.3 Å². The van der Waals surface area contributed by atoms with E-state index in [1.807, 2.05) is 0 Å². The molecule has 0 fully saturated rings. The molecule has 1 amide bonds. The highest BCUT2D eigenvalue weighted by Crippen LogP contribution is 2.40.